The summed E-state index contributed by atoms with van der Waals surface area (Å²) in [5, 5.41) is 5.95. The normalized spacial score (nSPS) is 14.0. The Morgan fingerprint density at radius 2 is 1.53 bits per heavy atom. The van der Waals surface area contributed by atoms with Crippen LogP contribution in [0.1, 0.15) is 49.4 Å². The Balaban J connectivity index is 1.46. The Morgan fingerprint density at radius 1 is 0.900 bits per heavy atom. The van der Waals surface area contributed by atoms with Gasteiger partial charge in [0.1, 0.15) is 5.75 Å². The van der Waals surface area contributed by atoms with Crippen molar-refractivity contribution in [1.82, 2.24) is 4.90 Å². The van der Waals surface area contributed by atoms with Crippen molar-refractivity contribution in [3.05, 3.63) is 54.1 Å². The summed E-state index contributed by atoms with van der Waals surface area (Å²) in [6.45, 7) is 4.56. The number of amides is 2. The molecule has 1 aliphatic heterocycles. The zero-order chi connectivity index (χ0) is 21.2. The van der Waals surface area contributed by atoms with Crippen LogP contribution in [0.2, 0.25) is 0 Å². The molecule has 2 amide bonds. The van der Waals surface area contributed by atoms with Crippen molar-refractivity contribution in [2.24, 2.45) is 0 Å². The molecular formula is C24H31N3O3. The van der Waals surface area contributed by atoms with Gasteiger partial charge in [0, 0.05) is 30.0 Å². The largest absolute Gasteiger partial charge is 0.494 e. The molecule has 0 unspecified atom stereocenters. The summed E-state index contributed by atoms with van der Waals surface area (Å²) in [6, 6.07) is 14.7. The summed E-state index contributed by atoms with van der Waals surface area (Å²) < 4.78 is 5.54. The van der Waals surface area contributed by atoms with Crippen molar-refractivity contribution in [1.29, 1.82) is 0 Å². The third-order valence-electron chi connectivity index (χ3n) is 5.09. The highest BCUT2D eigenvalue weighted by Crippen LogP contribution is 2.17. The van der Waals surface area contributed by atoms with E-state index < -0.39 is 0 Å². The molecule has 0 saturated carbocycles. The van der Waals surface area contributed by atoms with Crippen molar-refractivity contribution in [2.75, 3.05) is 36.9 Å². The molecule has 6 heteroatoms. The second-order valence-electron chi connectivity index (χ2n) is 7.56. The number of carbonyl (C=O) groups excluding carboxylic acids is 2. The number of hydrogen-bond donors (Lipinski definition) is 2. The van der Waals surface area contributed by atoms with Crippen LogP contribution in [0.3, 0.4) is 0 Å². The van der Waals surface area contributed by atoms with Gasteiger partial charge >= 0.3 is 0 Å². The standard InChI is InChI=1S/C24H31N3O3/c1-2-17-30-22-13-11-21(12-14-22)26-23(28)18-25-20-9-7-19(8-10-20)24(29)27-15-5-3-4-6-16-27/h7-14,25H,2-6,15-18H2,1H3,(H,26,28). The maximum absolute atomic E-state index is 12.6. The molecule has 0 bridgehead atoms. The molecule has 1 aliphatic rings. The molecule has 3 rings (SSSR count). The van der Waals surface area contributed by atoms with Gasteiger partial charge < -0.3 is 20.3 Å². The smallest absolute Gasteiger partial charge is 0.253 e. The van der Waals surface area contributed by atoms with Gasteiger partial charge in [0.2, 0.25) is 5.91 Å². The lowest BCUT2D eigenvalue weighted by Gasteiger charge is -2.20. The van der Waals surface area contributed by atoms with E-state index in [2.05, 4.69) is 17.6 Å². The van der Waals surface area contributed by atoms with Gasteiger partial charge in [0.15, 0.2) is 0 Å². The number of ether oxygens (including phenoxy) is 1. The third-order valence-corrected chi connectivity index (χ3v) is 5.09. The minimum absolute atomic E-state index is 0.0903. The number of benzene rings is 2. The predicted molar refractivity (Wildman–Crippen MR) is 120 cm³/mol. The van der Waals surface area contributed by atoms with Crippen LogP contribution >= 0.6 is 0 Å². The minimum Gasteiger partial charge on any atom is -0.494 e. The number of hydrogen-bond acceptors (Lipinski definition) is 4. The summed E-state index contributed by atoms with van der Waals surface area (Å²) in [5.74, 6) is 0.747. The van der Waals surface area contributed by atoms with E-state index in [-0.39, 0.29) is 18.4 Å². The minimum atomic E-state index is -0.137. The maximum atomic E-state index is 12.6. The predicted octanol–water partition coefficient (Wildman–Crippen LogP) is 4.54. The third kappa shape index (κ3) is 6.51. The lowest BCUT2D eigenvalue weighted by atomic mass is 10.1. The highest BCUT2D eigenvalue weighted by molar-refractivity contribution is 5.95. The quantitative estimate of drug-likeness (QED) is 0.671. The second-order valence-corrected chi connectivity index (χ2v) is 7.56. The Hall–Kier alpha value is -3.02. The molecule has 160 valence electrons. The summed E-state index contributed by atoms with van der Waals surface area (Å²) in [4.78, 5) is 26.8. The molecule has 2 N–H and O–H groups in total. The molecule has 2 aromatic carbocycles. The summed E-state index contributed by atoms with van der Waals surface area (Å²) in [6.07, 6.45) is 5.51. The molecule has 0 aliphatic carbocycles. The van der Waals surface area contributed by atoms with E-state index in [0.29, 0.717) is 12.2 Å². The van der Waals surface area contributed by atoms with E-state index in [1.54, 1.807) is 0 Å². The van der Waals surface area contributed by atoms with E-state index in [0.717, 1.165) is 49.5 Å². The van der Waals surface area contributed by atoms with Gasteiger partial charge in [-0.15, -0.1) is 0 Å². The van der Waals surface area contributed by atoms with Crippen molar-refractivity contribution in [2.45, 2.75) is 39.0 Å². The fourth-order valence-corrected chi connectivity index (χ4v) is 3.43. The van der Waals surface area contributed by atoms with Crippen molar-refractivity contribution in [3.8, 4) is 5.75 Å². The molecule has 30 heavy (non-hydrogen) atoms. The Kier molecular flexibility index (Phi) is 8.12. The van der Waals surface area contributed by atoms with Crippen molar-refractivity contribution >= 4 is 23.2 Å². The van der Waals surface area contributed by atoms with Gasteiger partial charge in [-0.1, -0.05) is 19.8 Å². The zero-order valence-corrected chi connectivity index (χ0v) is 17.7. The Bertz CT molecular complexity index is 811. The fraction of sp³-hybridized carbons (Fsp3) is 0.417. The maximum Gasteiger partial charge on any atom is 0.253 e. The van der Waals surface area contributed by atoms with Crippen LogP contribution in [0.25, 0.3) is 0 Å². The first-order chi connectivity index (χ1) is 14.7. The van der Waals surface area contributed by atoms with Gasteiger partial charge in [0.05, 0.1) is 13.2 Å². The molecule has 0 radical (unpaired) electrons. The molecule has 1 saturated heterocycles. The van der Waals surface area contributed by atoms with Gasteiger partial charge in [0.25, 0.3) is 5.91 Å². The number of carbonyl (C=O) groups is 2. The molecule has 1 heterocycles. The monoisotopic (exact) mass is 409 g/mol. The molecule has 0 spiro atoms. The van der Waals surface area contributed by atoms with Gasteiger partial charge in [-0.05, 0) is 67.8 Å². The molecule has 6 nitrogen and oxygen atoms in total. The lowest BCUT2D eigenvalue weighted by Crippen LogP contribution is -2.31. The number of likely N-dealkylation sites (tertiary alicyclic amines) is 1. The topological polar surface area (TPSA) is 70.7 Å². The van der Waals surface area contributed by atoms with Crippen LogP contribution in [0.15, 0.2) is 48.5 Å². The van der Waals surface area contributed by atoms with Crippen LogP contribution in [0.4, 0.5) is 11.4 Å². The zero-order valence-electron chi connectivity index (χ0n) is 17.7. The number of nitrogens with one attached hydrogen (secondary N) is 2. The first-order valence-corrected chi connectivity index (χ1v) is 10.8. The van der Waals surface area contributed by atoms with Crippen LogP contribution in [-0.2, 0) is 4.79 Å². The molecule has 1 fully saturated rings. The van der Waals surface area contributed by atoms with E-state index in [9.17, 15) is 9.59 Å². The number of anilines is 2. The van der Waals surface area contributed by atoms with Crippen LogP contribution in [0.5, 0.6) is 5.75 Å². The van der Waals surface area contributed by atoms with Gasteiger partial charge in [-0.25, -0.2) is 0 Å². The first-order valence-electron chi connectivity index (χ1n) is 10.8. The molecule has 2 aromatic rings. The summed E-state index contributed by atoms with van der Waals surface area (Å²) in [7, 11) is 0. The second kappa shape index (κ2) is 11.2. The van der Waals surface area contributed by atoms with Crippen LogP contribution in [0, 0.1) is 0 Å². The van der Waals surface area contributed by atoms with Gasteiger partial charge in [-0.2, -0.15) is 0 Å². The summed E-state index contributed by atoms with van der Waals surface area (Å²) in [5.41, 5.74) is 2.22. The lowest BCUT2D eigenvalue weighted by molar-refractivity contribution is -0.114. The molecular weight excluding hydrogens is 378 g/mol. The van der Waals surface area contributed by atoms with Crippen LogP contribution in [-0.4, -0.2) is 43.0 Å². The van der Waals surface area contributed by atoms with E-state index in [4.69, 9.17) is 4.74 Å². The Morgan fingerprint density at radius 3 is 2.17 bits per heavy atom. The molecule has 0 aromatic heterocycles. The Labute approximate surface area is 178 Å². The average molecular weight is 410 g/mol. The van der Waals surface area contributed by atoms with E-state index in [1.807, 2.05) is 53.4 Å². The average Bonchev–Trinajstić information content (AvgIpc) is 3.07. The van der Waals surface area contributed by atoms with Crippen molar-refractivity contribution in [3.63, 3.8) is 0 Å². The SMILES string of the molecule is CCCOc1ccc(NC(=O)CNc2ccc(C(=O)N3CCCCCC3)cc2)cc1. The highest BCUT2D eigenvalue weighted by atomic mass is 16.5. The summed E-state index contributed by atoms with van der Waals surface area (Å²) >= 11 is 0. The van der Waals surface area contributed by atoms with E-state index in [1.165, 1.54) is 12.8 Å². The van der Waals surface area contributed by atoms with Crippen LogP contribution < -0.4 is 15.4 Å². The number of nitrogens with zero attached hydrogens (tertiary/aromatic N) is 1. The van der Waals surface area contributed by atoms with Crippen molar-refractivity contribution < 1.29 is 14.3 Å². The number of rotatable bonds is 8. The first kappa shape index (κ1) is 21.7. The highest BCUT2D eigenvalue weighted by Gasteiger charge is 2.17. The van der Waals surface area contributed by atoms with Gasteiger partial charge in [-0.3, -0.25) is 9.59 Å². The molecule has 0 atom stereocenters. The van der Waals surface area contributed by atoms with E-state index >= 15 is 0 Å². The fourth-order valence-electron chi connectivity index (χ4n) is 3.43.